The Morgan fingerprint density at radius 1 is 1.10 bits per heavy atom. The lowest BCUT2D eigenvalue weighted by molar-refractivity contribution is -0.148. The highest BCUT2D eigenvalue weighted by Crippen LogP contribution is 2.35. The molecule has 4 rings (SSSR count). The van der Waals surface area contributed by atoms with E-state index in [9.17, 15) is 9.59 Å². The van der Waals surface area contributed by atoms with Gasteiger partial charge < -0.3 is 14.4 Å². The second-order valence-electron chi connectivity index (χ2n) is 7.82. The number of carbonyl (C=O) groups excluding carboxylic acids is 2. The van der Waals surface area contributed by atoms with Gasteiger partial charge in [0.1, 0.15) is 5.75 Å². The van der Waals surface area contributed by atoms with Crippen molar-refractivity contribution in [1.29, 1.82) is 0 Å². The summed E-state index contributed by atoms with van der Waals surface area (Å²) in [5.41, 5.74) is 1.56. The van der Waals surface area contributed by atoms with Gasteiger partial charge in [0.25, 0.3) is 0 Å². The van der Waals surface area contributed by atoms with Gasteiger partial charge in [-0.2, -0.15) is 0 Å². The zero-order chi connectivity index (χ0) is 22.0. The molecule has 1 amide bonds. The zero-order valence-electron chi connectivity index (χ0n) is 17.2. The van der Waals surface area contributed by atoms with Gasteiger partial charge in [0.05, 0.1) is 25.3 Å². The number of fused-ring (bicyclic) bond motifs is 1. The van der Waals surface area contributed by atoms with Gasteiger partial charge >= 0.3 is 5.97 Å². The first-order chi connectivity index (χ1) is 15.0. The Hall–Kier alpha value is -2.28. The highest BCUT2D eigenvalue weighted by Gasteiger charge is 2.38. The molecule has 0 spiro atoms. The number of esters is 1. The number of hydrogen-bond donors (Lipinski definition) is 0. The van der Waals surface area contributed by atoms with Gasteiger partial charge in [-0.1, -0.05) is 41.4 Å². The molecule has 0 unspecified atom stereocenters. The summed E-state index contributed by atoms with van der Waals surface area (Å²) in [6, 6.07) is 12.7. The molecule has 0 bridgehead atoms. The molecule has 2 aromatic carbocycles. The third kappa shape index (κ3) is 4.66. The monoisotopic (exact) mass is 462 g/mol. The van der Waals surface area contributed by atoms with Crippen molar-refractivity contribution >= 4 is 40.8 Å². The molecule has 31 heavy (non-hydrogen) atoms. The summed E-state index contributed by atoms with van der Waals surface area (Å²) in [5, 5.41) is 1.26. The summed E-state index contributed by atoms with van der Waals surface area (Å²) in [4.78, 5) is 29.5. The fraction of sp³-hybridized carbons (Fsp3) is 0.391. The summed E-state index contributed by atoms with van der Waals surface area (Å²) in [7, 11) is 1.32. The van der Waals surface area contributed by atoms with E-state index in [0.29, 0.717) is 34.6 Å². The van der Waals surface area contributed by atoms with Crippen LogP contribution in [0.15, 0.2) is 42.5 Å². The van der Waals surface area contributed by atoms with Crippen LogP contribution in [0.4, 0.5) is 5.69 Å². The molecule has 2 heterocycles. The summed E-state index contributed by atoms with van der Waals surface area (Å²) in [5.74, 6) is -0.196. The fourth-order valence-electron chi connectivity index (χ4n) is 4.23. The molecule has 0 aliphatic carbocycles. The predicted molar refractivity (Wildman–Crippen MR) is 120 cm³/mol. The van der Waals surface area contributed by atoms with E-state index in [2.05, 4.69) is 4.90 Å². The van der Waals surface area contributed by atoms with Crippen LogP contribution in [0.3, 0.4) is 0 Å². The van der Waals surface area contributed by atoms with E-state index < -0.39 is 12.1 Å². The van der Waals surface area contributed by atoms with Crippen LogP contribution in [-0.4, -0.2) is 49.6 Å². The van der Waals surface area contributed by atoms with Crippen molar-refractivity contribution < 1.29 is 19.1 Å². The highest BCUT2D eigenvalue weighted by atomic mass is 35.5. The molecule has 8 heteroatoms. The molecule has 2 atom stereocenters. The zero-order valence-corrected chi connectivity index (χ0v) is 18.7. The van der Waals surface area contributed by atoms with Gasteiger partial charge in [0.15, 0.2) is 0 Å². The van der Waals surface area contributed by atoms with Gasteiger partial charge in [-0.25, -0.2) is 4.79 Å². The molecule has 0 radical (unpaired) electrons. The molecule has 0 aromatic heterocycles. The molecule has 1 saturated heterocycles. The maximum absolute atomic E-state index is 13.5. The lowest BCUT2D eigenvalue weighted by Crippen LogP contribution is -2.51. The van der Waals surface area contributed by atoms with Gasteiger partial charge in [0.2, 0.25) is 12.0 Å². The average Bonchev–Trinajstić information content (AvgIpc) is 2.80. The minimum absolute atomic E-state index is 0.0143. The molecule has 1 fully saturated rings. The van der Waals surface area contributed by atoms with Crippen LogP contribution in [0.1, 0.15) is 18.4 Å². The Bertz CT molecular complexity index is 964. The Kier molecular flexibility index (Phi) is 6.70. The standard InChI is InChI=1S/C23H24Cl2N2O4/c1-30-23(29)21-14-27(19-9-2-3-10-20(19)31-21)22(28)15-6-5-11-26(12-15)13-16-17(24)7-4-8-18(16)25/h2-4,7-10,15,21H,5-6,11-14H2,1H3/t15-,21+/m1/s1. The van der Waals surface area contributed by atoms with Crippen LogP contribution < -0.4 is 9.64 Å². The van der Waals surface area contributed by atoms with Gasteiger partial charge in [-0.05, 0) is 43.7 Å². The van der Waals surface area contributed by atoms with E-state index in [1.165, 1.54) is 7.11 Å². The lowest BCUT2D eigenvalue weighted by Gasteiger charge is -2.38. The van der Waals surface area contributed by atoms with E-state index in [-0.39, 0.29) is 18.4 Å². The summed E-state index contributed by atoms with van der Waals surface area (Å²) in [6.07, 6.45) is 0.837. The lowest BCUT2D eigenvalue weighted by atomic mass is 9.95. The van der Waals surface area contributed by atoms with Crippen LogP contribution in [0.2, 0.25) is 10.0 Å². The van der Waals surface area contributed by atoms with E-state index in [1.807, 2.05) is 36.4 Å². The normalized spacial score (nSPS) is 21.2. The van der Waals surface area contributed by atoms with Crippen molar-refractivity contribution in [3.63, 3.8) is 0 Å². The molecular weight excluding hydrogens is 439 g/mol. The maximum atomic E-state index is 13.5. The second-order valence-corrected chi connectivity index (χ2v) is 8.64. The van der Waals surface area contributed by atoms with Crippen LogP contribution >= 0.6 is 23.2 Å². The summed E-state index contributed by atoms with van der Waals surface area (Å²) >= 11 is 12.7. The van der Waals surface area contributed by atoms with Crippen molar-refractivity contribution in [3.8, 4) is 5.75 Å². The number of piperidine rings is 1. The van der Waals surface area contributed by atoms with Crippen molar-refractivity contribution in [1.82, 2.24) is 4.90 Å². The number of hydrogen-bond acceptors (Lipinski definition) is 5. The molecule has 2 aliphatic rings. The highest BCUT2D eigenvalue weighted by molar-refractivity contribution is 6.35. The Balaban J connectivity index is 1.52. The van der Waals surface area contributed by atoms with Gasteiger partial charge in [-0.3, -0.25) is 9.69 Å². The number of halogens is 2. The number of ether oxygens (including phenoxy) is 2. The number of likely N-dealkylation sites (tertiary alicyclic amines) is 1. The van der Waals surface area contributed by atoms with Crippen molar-refractivity contribution in [2.75, 3.05) is 31.6 Å². The molecule has 6 nitrogen and oxygen atoms in total. The minimum Gasteiger partial charge on any atom is -0.475 e. The Labute approximate surface area is 191 Å². The van der Waals surface area contributed by atoms with Crippen LogP contribution in [0, 0.1) is 5.92 Å². The van der Waals surface area contributed by atoms with E-state index in [0.717, 1.165) is 24.9 Å². The number of para-hydroxylation sites is 2. The molecule has 0 N–H and O–H groups in total. The number of carbonyl (C=O) groups is 2. The summed E-state index contributed by atoms with van der Waals surface area (Å²) in [6.45, 7) is 2.20. The number of anilines is 1. The molecular formula is C23H24Cl2N2O4. The number of amides is 1. The summed E-state index contributed by atoms with van der Waals surface area (Å²) < 4.78 is 10.6. The topological polar surface area (TPSA) is 59.1 Å². The SMILES string of the molecule is COC(=O)[C@@H]1CN(C(=O)[C@@H]2CCCN(Cc3c(Cl)cccc3Cl)C2)c2ccccc2O1. The first kappa shape index (κ1) is 21.9. The smallest absolute Gasteiger partial charge is 0.348 e. The van der Waals surface area contributed by atoms with Gasteiger partial charge in [-0.15, -0.1) is 0 Å². The third-order valence-corrected chi connectivity index (χ3v) is 6.51. The van der Waals surface area contributed by atoms with E-state index in [1.54, 1.807) is 11.0 Å². The Morgan fingerprint density at radius 2 is 1.84 bits per heavy atom. The maximum Gasteiger partial charge on any atom is 0.348 e. The quantitative estimate of drug-likeness (QED) is 0.638. The average molecular weight is 463 g/mol. The van der Waals surface area contributed by atoms with Crippen molar-refractivity contribution in [3.05, 3.63) is 58.1 Å². The minimum atomic E-state index is -0.842. The second kappa shape index (κ2) is 9.47. The van der Waals surface area contributed by atoms with Crippen molar-refractivity contribution in [2.45, 2.75) is 25.5 Å². The largest absolute Gasteiger partial charge is 0.475 e. The molecule has 2 aliphatic heterocycles. The number of methoxy groups -OCH3 is 1. The van der Waals surface area contributed by atoms with E-state index >= 15 is 0 Å². The number of rotatable bonds is 4. The van der Waals surface area contributed by atoms with Gasteiger partial charge in [0, 0.05) is 28.7 Å². The molecule has 2 aromatic rings. The van der Waals surface area contributed by atoms with Crippen LogP contribution in [0.25, 0.3) is 0 Å². The Morgan fingerprint density at radius 3 is 2.58 bits per heavy atom. The first-order valence-corrected chi connectivity index (χ1v) is 11.0. The van der Waals surface area contributed by atoms with Crippen molar-refractivity contribution in [2.24, 2.45) is 5.92 Å². The predicted octanol–water partition coefficient (Wildman–Crippen LogP) is 4.17. The third-order valence-electron chi connectivity index (χ3n) is 5.80. The number of nitrogens with zero attached hydrogens (tertiary/aromatic N) is 2. The fourth-order valence-corrected chi connectivity index (χ4v) is 4.74. The van der Waals surface area contributed by atoms with Crippen LogP contribution in [0.5, 0.6) is 5.75 Å². The van der Waals surface area contributed by atoms with E-state index in [4.69, 9.17) is 32.7 Å². The first-order valence-electron chi connectivity index (χ1n) is 10.3. The number of benzene rings is 2. The molecule has 0 saturated carbocycles. The molecule has 164 valence electrons. The van der Waals surface area contributed by atoms with Crippen LogP contribution in [-0.2, 0) is 20.9 Å².